The van der Waals surface area contributed by atoms with E-state index in [1.165, 1.54) is 70.7 Å². The maximum atomic E-state index is 7.22. The minimum absolute atomic E-state index is 0.128. The van der Waals surface area contributed by atoms with Gasteiger partial charge in [-0.2, -0.15) is 0 Å². The molecule has 0 fully saturated rings. The van der Waals surface area contributed by atoms with Gasteiger partial charge in [-0.05, 0) is 131 Å². The first-order valence-electron chi connectivity index (χ1n) is 22.2. The molecular weight excluding hydrogens is 775 g/mol. The SMILES string of the molecule is CC(C)(C)c1cc2ccccc2c2c1oc1c(N(c3ccc(-c4ccc5cc(-c6ccc7ccccc7c6)ccc5c4)cc3)c3ccccc3-c3ccc4ccccc4c3)cccc12. The number of rotatable bonds is 6. The highest BCUT2D eigenvalue weighted by Gasteiger charge is 2.27. The van der Waals surface area contributed by atoms with Crippen LogP contribution >= 0.6 is 0 Å². The summed E-state index contributed by atoms with van der Waals surface area (Å²) in [6, 6.07) is 79.8. The van der Waals surface area contributed by atoms with Gasteiger partial charge in [0.1, 0.15) is 5.58 Å². The Balaban J connectivity index is 1.01. The normalized spacial score (nSPS) is 12.0. The standard InChI is InChI=1S/C62H45NO/c1-62(2,3)56-39-50-17-8-9-19-54(50)59-55-20-12-22-58(60(55)64-61(56)59)63(57-21-11-10-18-53(57)51-30-24-41-14-5-7-16-44(41)38-51)52-33-31-42(32-34-52)45-26-27-48-37-49(29-28-47(48)36-45)46-25-23-40-13-4-6-15-43(40)35-46/h4-39H,1-3H3. The van der Waals surface area contributed by atoms with Gasteiger partial charge < -0.3 is 9.32 Å². The fraction of sp³-hybridized carbons (Fsp3) is 0.0645. The summed E-state index contributed by atoms with van der Waals surface area (Å²) in [4.78, 5) is 2.40. The molecule has 0 aliphatic heterocycles. The second-order valence-electron chi connectivity index (χ2n) is 18.2. The summed E-state index contributed by atoms with van der Waals surface area (Å²) in [7, 11) is 0. The van der Waals surface area contributed by atoms with Crippen molar-refractivity contribution in [2.24, 2.45) is 0 Å². The van der Waals surface area contributed by atoms with Gasteiger partial charge in [0.25, 0.3) is 0 Å². The van der Waals surface area contributed by atoms with E-state index in [-0.39, 0.29) is 5.41 Å². The van der Waals surface area contributed by atoms with E-state index in [4.69, 9.17) is 4.42 Å². The average Bonchev–Trinajstić information content (AvgIpc) is 3.74. The third kappa shape index (κ3) is 6.41. The van der Waals surface area contributed by atoms with Gasteiger partial charge in [-0.1, -0.05) is 185 Å². The van der Waals surface area contributed by atoms with Gasteiger partial charge in [-0.15, -0.1) is 0 Å². The van der Waals surface area contributed by atoms with Crippen molar-refractivity contribution >= 4 is 82.1 Å². The lowest BCUT2D eigenvalue weighted by Gasteiger charge is -2.28. The number of hydrogen-bond donors (Lipinski definition) is 0. The highest BCUT2D eigenvalue weighted by atomic mass is 16.3. The van der Waals surface area contributed by atoms with Crippen molar-refractivity contribution in [3.05, 3.63) is 224 Å². The van der Waals surface area contributed by atoms with Crippen LogP contribution in [-0.4, -0.2) is 0 Å². The molecule has 0 aliphatic rings. The molecule has 304 valence electrons. The van der Waals surface area contributed by atoms with Crippen LogP contribution in [-0.2, 0) is 5.41 Å². The minimum Gasteiger partial charge on any atom is -0.454 e. The fourth-order valence-electron chi connectivity index (χ4n) is 9.82. The first-order valence-corrected chi connectivity index (χ1v) is 22.2. The van der Waals surface area contributed by atoms with Gasteiger partial charge >= 0.3 is 0 Å². The summed E-state index contributed by atoms with van der Waals surface area (Å²) < 4.78 is 7.22. The Morgan fingerprint density at radius 3 is 1.47 bits per heavy atom. The highest BCUT2D eigenvalue weighted by Crippen LogP contribution is 2.48. The monoisotopic (exact) mass is 819 g/mol. The molecule has 0 saturated carbocycles. The topological polar surface area (TPSA) is 16.4 Å². The summed E-state index contributed by atoms with van der Waals surface area (Å²) in [6.45, 7) is 6.83. The van der Waals surface area contributed by atoms with Crippen molar-refractivity contribution in [1.82, 2.24) is 0 Å². The zero-order valence-corrected chi connectivity index (χ0v) is 36.1. The fourth-order valence-corrected chi connectivity index (χ4v) is 9.82. The van der Waals surface area contributed by atoms with Crippen molar-refractivity contribution in [3.63, 3.8) is 0 Å². The maximum Gasteiger partial charge on any atom is 0.159 e. The molecule has 0 amide bonds. The lowest BCUT2D eigenvalue weighted by molar-refractivity contribution is 0.573. The Kier molecular flexibility index (Phi) is 8.77. The molecule has 2 heteroatoms. The van der Waals surface area contributed by atoms with Crippen LogP contribution in [0.3, 0.4) is 0 Å². The number of fused-ring (bicyclic) bond motifs is 8. The van der Waals surface area contributed by atoms with E-state index in [0.29, 0.717) is 0 Å². The first-order chi connectivity index (χ1) is 31.3. The Morgan fingerprint density at radius 2 is 0.812 bits per heavy atom. The lowest BCUT2D eigenvalue weighted by atomic mass is 9.84. The molecule has 1 aromatic heterocycles. The van der Waals surface area contributed by atoms with Crippen LogP contribution in [0.5, 0.6) is 0 Å². The van der Waals surface area contributed by atoms with E-state index in [1.54, 1.807) is 0 Å². The largest absolute Gasteiger partial charge is 0.454 e. The second-order valence-corrected chi connectivity index (χ2v) is 18.2. The van der Waals surface area contributed by atoms with Crippen molar-refractivity contribution in [1.29, 1.82) is 0 Å². The van der Waals surface area contributed by atoms with E-state index in [9.17, 15) is 0 Å². The molecule has 12 rings (SSSR count). The molecule has 0 aliphatic carbocycles. The molecule has 0 radical (unpaired) electrons. The number of nitrogens with zero attached hydrogens (tertiary/aromatic N) is 1. The number of anilines is 3. The molecule has 0 saturated heterocycles. The molecule has 0 spiro atoms. The van der Waals surface area contributed by atoms with E-state index in [1.807, 2.05) is 0 Å². The van der Waals surface area contributed by atoms with Crippen LogP contribution in [0, 0.1) is 0 Å². The number of furan rings is 1. The smallest absolute Gasteiger partial charge is 0.159 e. The van der Waals surface area contributed by atoms with E-state index in [0.717, 1.165) is 50.3 Å². The van der Waals surface area contributed by atoms with Gasteiger partial charge in [-0.3, -0.25) is 0 Å². The van der Waals surface area contributed by atoms with Crippen molar-refractivity contribution in [2.75, 3.05) is 4.90 Å². The quantitative estimate of drug-likeness (QED) is 0.166. The minimum atomic E-state index is -0.128. The van der Waals surface area contributed by atoms with Gasteiger partial charge in [0.15, 0.2) is 5.58 Å². The molecule has 0 atom stereocenters. The molecule has 2 nitrogen and oxygen atoms in total. The van der Waals surface area contributed by atoms with E-state index >= 15 is 0 Å². The second kappa shape index (κ2) is 14.9. The number of benzene rings is 11. The zero-order chi connectivity index (χ0) is 42.9. The summed E-state index contributed by atoms with van der Waals surface area (Å²) >= 11 is 0. The first kappa shape index (κ1) is 37.8. The van der Waals surface area contributed by atoms with Crippen molar-refractivity contribution in [3.8, 4) is 33.4 Å². The summed E-state index contributed by atoms with van der Waals surface area (Å²) in [5.74, 6) is 0. The Morgan fingerprint density at radius 1 is 0.344 bits per heavy atom. The zero-order valence-electron chi connectivity index (χ0n) is 36.1. The predicted octanol–water partition coefficient (Wildman–Crippen LogP) is 18.0. The lowest BCUT2D eigenvalue weighted by Crippen LogP contribution is -2.11. The number of para-hydroxylation sites is 2. The summed E-state index contributed by atoms with van der Waals surface area (Å²) in [6.07, 6.45) is 0. The van der Waals surface area contributed by atoms with Crippen molar-refractivity contribution in [2.45, 2.75) is 26.2 Å². The highest BCUT2D eigenvalue weighted by molar-refractivity contribution is 6.22. The van der Waals surface area contributed by atoms with Crippen molar-refractivity contribution < 1.29 is 4.42 Å². The van der Waals surface area contributed by atoms with Crippen LogP contribution in [0.25, 0.3) is 98.4 Å². The van der Waals surface area contributed by atoms with Gasteiger partial charge in [0, 0.05) is 27.6 Å². The molecule has 1 heterocycles. The Bertz CT molecular complexity index is 3770. The van der Waals surface area contributed by atoms with E-state index in [2.05, 4.69) is 244 Å². The predicted molar refractivity (Wildman–Crippen MR) is 273 cm³/mol. The molecule has 64 heavy (non-hydrogen) atoms. The van der Waals surface area contributed by atoms with Gasteiger partial charge in [0.2, 0.25) is 0 Å². The Labute approximate surface area is 373 Å². The molecule has 11 aromatic carbocycles. The molecule has 12 aromatic rings. The van der Waals surface area contributed by atoms with Crippen LogP contribution < -0.4 is 4.90 Å². The van der Waals surface area contributed by atoms with Crippen LogP contribution in [0.4, 0.5) is 17.1 Å². The van der Waals surface area contributed by atoms with Crippen LogP contribution in [0.1, 0.15) is 26.3 Å². The van der Waals surface area contributed by atoms with E-state index < -0.39 is 0 Å². The molecular formula is C62H45NO. The maximum absolute atomic E-state index is 7.22. The average molecular weight is 820 g/mol. The third-order valence-electron chi connectivity index (χ3n) is 13.1. The third-order valence-corrected chi connectivity index (χ3v) is 13.1. The summed E-state index contributed by atoms with van der Waals surface area (Å²) in [5, 5.41) is 12.1. The van der Waals surface area contributed by atoms with Crippen LogP contribution in [0.15, 0.2) is 223 Å². The molecule has 0 unspecified atom stereocenters. The molecule has 0 bridgehead atoms. The summed E-state index contributed by atoms with van der Waals surface area (Å²) in [5.41, 5.74) is 13.1. The van der Waals surface area contributed by atoms with Crippen LogP contribution in [0.2, 0.25) is 0 Å². The van der Waals surface area contributed by atoms with Gasteiger partial charge in [-0.25, -0.2) is 0 Å². The number of hydrogen-bond acceptors (Lipinski definition) is 2. The van der Waals surface area contributed by atoms with Gasteiger partial charge in [0.05, 0.1) is 11.4 Å². The molecule has 0 N–H and O–H groups in total. The Hall–Kier alpha value is -7.94.